The van der Waals surface area contributed by atoms with Crippen molar-refractivity contribution in [3.8, 4) is 0 Å². The highest BCUT2D eigenvalue weighted by Crippen LogP contribution is 2.24. The van der Waals surface area contributed by atoms with Crippen molar-refractivity contribution in [3.63, 3.8) is 0 Å². The van der Waals surface area contributed by atoms with Gasteiger partial charge < -0.3 is 4.74 Å². The van der Waals surface area contributed by atoms with Crippen LogP contribution in [0.25, 0.3) is 4.96 Å². The molecule has 0 amide bonds. The van der Waals surface area contributed by atoms with Crippen molar-refractivity contribution in [2.75, 3.05) is 19.7 Å². The van der Waals surface area contributed by atoms with Crippen LogP contribution < -0.4 is 5.56 Å². The molecule has 4 heterocycles. The van der Waals surface area contributed by atoms with Gasteiger partial charge in [0.2, 0.25) is 4.96 Å². The number of nitrogens with zero attached hydrogens (tertiary/aromatic N) is 5. The molecule has 1 atom stereocenters. The van der Waals surface area contributed by atoms with Crippen LogP contribution in [0.15, 0.2) is 22.4 Å². The molecule has 1 saturated heterocycles. The van der Waals surface area contributed by atoms with Gasteiger partial charge in [-0.1, -0.05) is 11.3 Å². The summed E-state index contributed by atoms with van der Waals surface area (Å²) in [6.07, 6.45) is 1.80. The number of hydrogen-bond donors (Lipinski definition) is 0. The minimum absolute atomic E-state index is 0.000716. The molecule has 1 aliphatic heterocycles. The normalized spacial score (nSPS) is 19.4. The molecule has 0 aromatic carbocycles. The maximum absolute atomic E-state index is 12.1. The highest BCUT2D eigenvalue weighted by molar-refractivity contribution is 7.16. The lowest BCUT2D eigenvalue weighted by molar-refractivity contribution is -0.0333. The molecule has 120 valence electrons. The Balaban J connectivity index is 1.54. The molecule has 23 heavy (non-hydrogen) atoms. The number of fused-ring (bicyclic) bond motifs is 1. The van der Waals surface area contributed by atoms with E-state index in [4.69, 9.17) is 4.74 Å². The lowest BCUT2D eigenvalue weighted by Crippen LogP contribution is -2.38. The molecule has 1 fully saturated rings. The van der Waals surface area contributed by atoms with E-state index in [0.29, 0.717) is 18.1 Å². The van der Waals surface area contributed by atoms with Gasteiger partial charge in [0.25, 0.3) is 5.56 Å². The zero-order chi connectivity index (χ0) is 15.8. The molecule has 3 aromatic rings. The molecule has 9 heteroatoms. The van der Waals surface area contributed by atoms with Crippen molar-refractivity contribution in [1.82, 2.24) is 24.5 Å². The van der Waals surface area contributed by atoms with Gasteiger partial charge in [0.05, 0.1) is 12.3 Å². The van der Waals surface area contributed by atoms with E-state index in [0.717, 1.165) is 28.8 Å². The summed E-state index contributed by atoms with van der Waals surface area (Å²) in [7, 11) is 0. The molecule has 0 saturated carbocycles. The summed E-state index contributed by atoms with van der Waals surface area (Å²) in [6.45, 7) is 4.75. The molecule has 0 aliphatic carbocycles. The first-order valence-electron chi connectivity index (χ1n) is 7.29. The number of aromatic nitrogens is 4. The second kappa shape index (κ2) is 6.08. The molecular weight excluding hydrogens is 334 g/mol. The molecule has 0 unspecified atom stereocenters. The van der Waals surface area contributed by atoms with Gasteiger partial charge in [0.1, 0.15) is 16.1 Å². The van der Waals surface area contributed by atoms with Crippen LogP contribution in [0.3, 0.4) is 0 Å². The van der Waals surface area contributed by atoms with E-state index in [2.05, 4.69) is 20.0 Å². The number of hydrogen-bond acceptors (Lipinski definition) is 8. The second-order valence-corrected chi connectivity index (χ2v) is 7.45. The van der Waals surface area contributed by atoms with E-state index in [1.165, 1.54) is 15.9 Å². The van der Waals surface area contributed by atoms with Crippen LogP contribution in [0.1, 0.15) is 21.8 Å². The van der Waals surface area contributed by atoms with E-state index in [9.17, 15) is 4.79 Å². The zero-order valence-electron chi connectivity index (χ0n) is 12.5. The molecule has 0 bridgehead atoms. The Morgan fingerprint density at radius 2 is 2.39 bits per heavy atom. The Labute approximate surface area is 140 Å². The molecule has 0 N–H and O–H groups in total. The monoisotopic (exact) mass is 349 g/mol. The summed E-state index contributed by atoms with van der Waals surface area (Å²) >= 11 is 3.04. The van der Waals surface area contributed by atoms with Crippen molar-refractivity contribution in [2.45, 2.75) is 19.6 Å². The van der Waals surface area contributed by atoms with Crippen molar-refractivity contribution in [1.29, 1.82) is 0 Å². The average Bonchev–Trinajstić information content (AvgIpc) is 3.16. The van der Waals surface area contributed by atoms with E-state index in [1.807, 2.05) is 12.3 Å². The SMILES string of the molecule is Cc1nn2c(=O)cc(CN3CCO[C@@H](c4nccs4)C3)nc2s1. The number of morpholine rings is 1. The highest BCUT2D eigenvalue weighted by atomic mass is 32.1. The van der Waals surface area contributed by atoms with Crippen LogP contribution in [0.2, 0.25) is 0 Å². The van der Waals surface area contributed by atoms with Gasteiger partial charge in [-0.05, 0) is 6.92 Å². The smallest absolute Gasteiger partial charge is 0.275 e. The first-order chi connectivity index (χ1) is 11.2. The third-order valence-electron chi connectivity index (χ3n) is 3.66. The predicted octanol–water partition coefficient (Wildman–Crippen LogP) is 1.49. The summed E-state index contributed by atoms with van der Waals surface area (Å²) in [5.74, 6) is 0. The van der Waals surface area contributed by atoms with Crippen LogP contribution in [0.5, 0.6) is 0 Å². The van der Waals surface area contributed by atoms with Crippen molar-refractivity contribution >= 4 is 27.6 Å². The van der Waals surface area contributed by atoms with E-state index >= 15 is 0 Å². The van der Waals surface area contributed by atoms with Gasteiger partial charge in [-0.3, -0.25) is 9.69 Å². The summed E-state index contributed by atoms with van der Waals surface area (Å²) in [5, 5.41) is 7.96. The third-order valence-corrected chi connectivity index (χ3v) is 5.35. The Hall–Kier alpha value is -1.68. The third kappa shape index (κ3) is 3.05. The standard InChI is InChI=1S/C14H15N5O2S2/c1-9-17-19-12(20)6-10(16-14(19)23-9)7-18-3-4-21-11(8-18)13-15-2-5-22-13/h2,5-6,11H,3-4,7-8H2,1H3/t11-/m1/s1. The van der Waals surface area contributed by atoms with E-state index in [-0.39, 0.29) is 11.7 Å². The predicted molar refractivity (Wildman–Crippen MR) is 88.0 cm³/mol. The number of rotatable bonds is 3. The van der Waals surface area contributed by atoms with Crippen molar-refractivity contribution < 1.29 is 4.74 Å². The molecule has 4 rings (SSSR count). The lowest BCUT2D eigenvalue weighted by atomic mass is 10.2. The van der Waals surface area contributed by atoms with Crippen molar-refractivity contribution in [3.05, 3.63) is 43.7 Å². The number of aryl methyl sites for hydroxylation is 1. The van der Waals surface area contributed by atoms with Gasteiger partial charge in [-0.25, -0.2) is 9.97 Å². The van der Waals surface area contributed by atoms with Gasteiger partial charge in [0.15, 0.2) is 0 Å². The van der Waals surface area contributed by atoms with Gasteiger partial charge >= 0.3 is 0 Å². The lowest BCUT2D eigenvalue weighted by Gasteiger charge is -2.31. The first kappa shape index (κ1) is 14.9. The quantitative estimate of drug-likeness (QED) is 0.713. The molecule has 1 aliphatic rings. The summed E-state index contributed by atoms with van der Waals surface area (Å²) < 4.78 is 7.16. The summed E-state index contributed by atoms with van der Waals surface area (Å²) in [6, 6.07) is 1.57. The molecule has 0 spiro atoms. The fourth-order valence-corrected chi connectivity index (χ4v) is 4.10. The molecule has 0 radical (unpaired) electrons. The second-order valence-electron chi connectivity index (χ2n) is 5.37. The van der Waals surface area contributed by atoms with Crippen LogP contribution in [-0.2, 0) is 11.3 Å². The van der Waals surface area contributed by atoms with E-state index < -0.39 is 0 Å². The molecule has 7 nitrogen and oxygen atoms in total. The fraction of sp³-hybridized carbons (Fsp3) is 0.429. The minimum atomic E-state index is -0.126. The zero-order valence-corrected chi connectivity index (χ0v) is 14.1. The Kier molecular flexibility index (Phi) is 3.93. The Bertz CT molecular complexity index is 873. The summed E-state index contributed by atoms with van der Waals surface area (Å²) in [4.78, 5) is 23.9. The van der Waals surface area contributed by atoms with Gasteiger partial charge in [-0.15, -0.1) is 11.3 Å². The fourth-order valence-electron chi connectivity index (χ4n) is 2.65. The van der Waals surface area contributed by atoms with Crippen LogP contribution in [-0.4, -0.2) is 44.2 Å². The highest BCUT2D eigenvalue weighted by Gasteiger charge is 2.24. The van der Waals surface area contributed by atoms with Crippen LogP contribution >= 0.6 is 22.7 Å². The largest absolute Gasteiger partial charge is 0.368 e. The summed E-state index contributed by atoms with van der Waals surface area (Å²) in [5.41, 5.74) is 0.650. The Morgan fingerprint density at radius 1 is 1.48 bits per heavy atom. The minimum Gasteiger partial charge on any atom is -0.368 e. The Morgan fingerprint density at radius 3 is 3.22 bits per heavy atom. The van der Waals surface area contributed by atoms with E-state index in [1.54, 1.807) is 23.6 Å². The molecule has 3 aromatic heterocycles. The number of ether oxygens (including phenoxy) is 1. The topological polar surface area (TPSA) is 72.6 Å². The van der Waals surface area contributed by atoms with Crippen LogP contribution in [0.4, 0.5) is 0 Å². The maximum Gasteiger partial charge on any atom is 0.275 e. The molecular formula is C14H15N5O2S2. The van der Waals surface area contributed by atoms with Crippen molar-refractivity contribution in [2.24, 2.45) is 0 Å². The van der Waals surface area contributed by atoms with Gasteiger partial charge in [-0.2, -0.15) is 9.61 Å². The first-order valence-corrected chi connectivity index (χ1v) is 8.98. The van der Waals surface area contributed by atoms with Gasteiger partial charge in [0, 0.05) is 37.3 Å². The maximum atomic E-state index is 12.1. The number of thiazole rings is 1. The van der Waals surface area contributed by atoms with Crippen LogP contribution in [0, 0.1) is 6.92 Å². The average molecular weight is 349 g/mol.